The predicted molar refractivity (Wildman–Crippen MR) is 60.3 cm³/mol. The van der Waals surface area contributed by atoms with Gasteiger partial charge in [0.15, 0.2) is 5.69 Å². The number of nitrogens with zero attached hydrogens (tertiary/aromatic N) is 1. The fourth-order valence-corrected chi connectivity index (χ4v) is 1.57. The van der Waals surface area contributed by atoms with Crippen LogP contribution in [-0.2, 0) is 4.79 Å². The Labute approximate surface area is 101 Å². The molecule has 0 aliphatic carbocycles. The zero-order chi connectivity index (χ0) is 12.5. The van der Waals surface area contributed by atoms with Crippen molar-refractivity contribution in [2.45, 2.75) is 13.8 Å². The number of carbonyl (C=O) groups excluding carboxylic acids is 1. The van der Waals surface area contributed by atoms with Crippen molar-refractivity contribution in [3.8, 4) is 0 Å². The number of pyridine rings is 1. The normalized spacial score (nSPS) is 10.0. The Morgan fingerprint density at radius 2 is 1.94 bits per heavy atom. The highest BCUT2D eigenvalue weighted by Crippen LogP contribution is 2.32. The van der Waals surface area contributed by atoms with E-state index in [2.05, 4.69) is 10.3 Å². The van der Waals surface area contributed by atoms with Crippen molar-refractivity contribution in [3.05, 3.63) is 21.4 Å². The van der Waals surface area contributed by atoms with Gasteiger partial charge >= 0.3 is 5.97 Å². The summed E-state index contributed by atoms with van der Waals surface area (Å²) in [6, 6.07) is 0. The number of carbonyl (C=O) groups is 2. The van der Waals surface area contributed by atoms with Gasteiger partial charge < -0.3 is 10.4 Å². The number of hydrogen-bond acceptors (Lipinski definition) is 3. The molecular formula is C9H8Cl2N2O3. The Morgan fingerprint density at radius 1 is 1.38 bits per heavy atom. The lowest BCUT2D eigenvalue weighted by Crippen LogP contribution is -2.12. The first-order valence-electron chi connectivity index (χ1n) is 4.21. The number of halogens is 2. The molecule has 1 aromatic heterocycles. The Balaban J connectivity index is 3.45. The minimum Gasteiger partial charge on any atom is -0.476 e. The molecule has 0 radical (unpaired) electrons. The third kappa shape index (κ3) is 2.43. The van der Waals surface area contributed by atoms with Gasteiger partial charge in [0, 0.05) is 12.5 Å². The number of hydrogen-bond donors (Lipinski definition) is 2. The summed E-state index contributed by atoms with van der Waals surface area (Å²) in [7, 11) is 0. The lowest BCUT2D eigenvalue weighted by atomic mass is 10.2. The molecule has 0 saturated carbocycles. The molecule has 0 bridgehead atoms. The van der Waals surface area contributed by atoms with Crippen LogP contribution in [-0.4, -0.2) is 22.0 Å². The van der Waals surface area contributed by atoms with E-state index >= 15 is 0 Å². The number of anilines is 1. The maximum Gasteiger partial charge on any atom is 0.356 e. The topological polar surface area (TPSA) is 79.3 Å². The van der Waals surface area contributed by atoms with Crippen molar-refractivity contribution in [1.82, 2.24) is 4.98 Å². The molecule has 86 valence electrons. The standard InChI is InChI=1S/C9H8Cl2N2O3/c1-3-6(12-4(2)14)5(10)7(9(15)16)13-8(3)11/h1-2H3,(H,15,16)(H,12,13,14). The molecule has 7 heteroatoms. The summed E-state index contributed by atoms with van der Waals surface area (Å²) in [6.45, 7) is 2.86. The Morgan fingerprint density at radius 3 is 2.38 bits per heavy atom. The summed E-state index contributed by atoms with van der Waals surface area (Å²) in [5.74, 6) is -1.68. The monoisotopic (exact) mass is 262 g/mol. The van der Waals surface area contributed by atoms with Crippen LogP contribution in [0.1, 0.15) is 23.0 Å². The number of amides is 1. The molecule has 0 aliphatic rings. The van der Waals surface area contributed by atoms with Crippen molar-refractivity contribution < 1.29 is 14.7 Å². The molecule has 0 spiro atoms. The van der Waals surface area contributed by atoms with Crippen molar-refractivity contribution in [1.29, 1.82) is 0 Å². The number of carboxylic acids is 1. The molecule has 5 nitrogen and oxygen atoms in total. The second kappa shape index (κ2) is 4.67. The maximum atomic E-state index is 10.9. The molecule has 0 aliphatic heterocycles. The summed E-state index contributed by atoms with van der Waals surface area (Å²) in [4.78, 5) is 25.4. The molecule has 1 heterocycles. The van der Waals surface area contributed by atoms with Gasteiger partial charge in [-0.25, -0.2) is 9.78 Å². The summed E-state index contributed by atoms with van der Waals surface area (Å²) in [6.07, 6.45) is 0. The second-order valence-electron chi connectivity index (χ2n) is 3.05. The highest BCUT2D eigenvalue weighted by Gasteiger charge is 2.19. The van der Waals surface area contributed by atoms with Crippen molar-refractivity contribution in [2.75, 3.05) is 5.32 Å². The average Bonchev–Trinajstić information content (AvgIpc) is 2.17. The predicted octanol–water partition coefficient (Wildman–Crippen LogP) is 2.35. The van der Waals surface area contributed by atoms with E-state index in [4.69, 9.17) is 28.3 Å². The van der Waals surface area contributed by atoms with Gasteiger partial charge in [-0.3, -0.25) is 4.79 Å². The number of aromatic nitrogens is 1. The van der Waals surface area contributed by atoms with E-state index in [1.54, 1.807) is 6.92 Å². The van der Waals surface area contributed by atoms with Gasteiger partial charge in [0.2, 0.25) is 5.91 Å². The molecule has 0 atom stereocenters. The van der Waals surface area contributed by atoms with Gasteiger partial charge in [-0.2, -0.15) is 0 Å². The van der Waals surface area contributed by atoms with E-state index in [1.807, 2.05) is 0 Å². The number of aromatic carboxylic acids is 1. The third-order valence-corrected chi connectivity index (χ3v) is 2.56. The Kier molecular flexibility index (Phi) is 3.72. The van der Waals surface area contributed by atoms with E-state index in [-0.39, 0.29) is 27.5 Å². The molecule has 0 fully saturated rings. The van der Waals surface area contributed by atoms with Crippen LogP contribution < -0.4 is 5.32 Å². The van der Waals surface area contributed by atoms with E-state index in [0.29, 0.717) is 5.56 Å². The van der Waals surface area contributed by atoms with Crippen molar-refractivity contribution >= 4 is 40.8 Å². The Bertz CT molecular complexity index is 474. The first-order valence-corrected chi connectivity index (χ1v) is 4.96. The lowest BCUT2D eigenvalue weighted by molar-refractivity contribution is -0.114. The van der Waals surface area contributed by atoms with Gasteiger partial charge in [-0.1, -0.05) is 23.2 Å². The van der Waals surface area contributed by atoms with Gasteiger partial charge in [-0.05, 0) is 6.92 Å². The first-order chi connectivity index (χ1) is 7.34. The molecule has 0 unspecified atom stereocenters. The zero-order valence-corrected chi connectivity index (χ0v) is 9.98. The summed E-state index contributed by atoms with van der Waals surface area (Å²) >= 11 is 11.5. The second-order valence-corrected chi connectivity index (χ2v) is 3.79. The molecule has 16 heavy (non-hydrogen) atoms. The number of carboxylic acid groups (broad SMARTS) is 1. The fraction of sp³-hybridized carbons (Fsp3) is 0.222. The molecular weight excluding hydrogens is 255 g/mol. The van der Waals surface area contributed by atoms with Gasteiger partial charge in [0.05, 0.1) is 10.7 Å². The summed E-state index contributed by atoms with van der Waals surface area (Å²) < 4.78 is 0. The van der Waals surface area contributed by atoms with Crippen molar-refractivity contribution in [2.24, 2.45) is 0 Å². The van der Waals surface area contributed by atoms with E-state index in [1.165, 1.54) is 6.92 Å². The van der Waals surface area contributed by atoms with Crippen LogP contribution in [0.5, 0.6) is 0 Å². The van der Waals surface area contributed by atoms with E-state index in [0.717, 1.165) is 0 Å². The van der Waals surface area contributed by atoms with Gasteiger partial charge in [-0.15, -0.1) is 0 Å². The van der Waals surface area contributed by atoms with E-state index in [9.17, 15) is 9.59 Å². The SMILES string of the molecule is CC(=O)Nc1c(C)c(Cl)nc(C(=O)O)c1Cl. The summed E-state index contributed by atoms with van der Waals surface area (Å²) in [5, 5.41) is 11.1. The third-order valence-electron chi connectivity index (χ3n) is 1.83. The maximum absolute atomic E-state index is 10.9. The molecule has 1 amide bonds. The first kappa shape index (κ1) is 12.7. The van der Waals surface area contributed by atoms with Crippen LogP contribution in [0.25, 0.3) is 0 Å². The van der Waals surface area contributed by atoms with Crippen LogP contribution >= 0.6 is 23.2 Å². The van der Waals surface area contributed by atoms with Crippen LogP contribution in [0, 0.1) is 6.92 Å². The zero-order valence-electron chi connectivity index (χ0n) is 8.47. The molecule has 0 aromatic carbocycles. The Hall–Kier alpha value is -1.33. The van der Waals surface area contributed by atoms with Crippen LogP contribution in [0.2, 0.25) is 10.2 Å². The smallest absolute Gasteiger partial charge is 0.356 e. The molecule has 1 rings (SSSR count). The van der Waals surface area contributed by atoms with Gasteiger partial charge in [0.1, 0.15) is 5.15 Å². The quantitative estimate of drug-likeness (QED) is 0.802. The van der Waals surface area contributed by atoms with Crippen LogP contribution in [0.4, 0.5) is 5.69 Å². The minimum absolute atomic E-state index is 0.00875. The minimum atomic E-state index is -1.31. The lowest BCUT2D eigenvalue weighted by Gasteiger charge is -2.11. The highest BCUT2D eigenvalue weighted by atomic mass is 35.5. The molecule has 2 N–H and O–H groups in total. The largest absolute Gasteiger partial charge is 0.476 e. The van der Waals surface area contributed by atoms with Crippen LogP contribution in [0.15, 0.2) is 0 Å². The molecule has 0 saturated heterocycles. The number of rotatable bonds is 2. The summed E-state index contributed by atoms with van der Waals surface area (Å²) in [5.41, 5.74) is 0.208. The highest BCUT2D eigenvalue weighted by molar-refractivity contribution is 6.38. The number of nitrogens with one attached hydrogen (secondary N) is 1. The molecule has 1 aromatic rings. The fourth-order valence-electron chi connectivity index (χ4n) is 1.08. The van der Waals surface area contributed by atoms with Crippen molar-refractivity contribution in [3.63, 3.8) is 0 Å². The van der Waals surface area contributed by atoms with E-state index < -0.39 is 5.97 Å². The average molecular weight is 263 g/mol. The van der Waals surface area contributed by atoms with Gasteiger partial charge in [0.25, 0.3) is 0 Å². The van der Waals surface area contributed by atoms with Crippen LogP contribution in [0.3, 0.4) is 0 Å².